The molecule has 92 valence electrons. The SMILES string of the molecule is COc1cc(OC)cc(OC)c1.NP(O)O. The van der Waals surface area contributed by atoms with Gasteiger partial charge in [0.1, 0.15) is 17.2 Å². The van der Waals surface area contributed by atoms with Crippen molar-refractivity contribution < 1.29 is 24.0 Å². The first-order valence-electron chi connectivity index (χ1n) is 4.23. The van der Waals surface area contributed by atoms with E-state index in [0.29, 0.717) is 0 Å². The van der Waals surface area contributed by atoms with Gasteiger partial charge in [-0.25, -0.2) is 0 Å². The monoisotopic (exact) mass is 249 g/mol. The molecule has 1 rings (SSSR count). The minimum Gasteiger partial charge on any atom is -0.496 e. The molecule has 1 aromatic carbocycles. The highest BCUT2D eigenvalue weighted by atomic mass is 31.2. The maximum absolute atomic E-state index is 7.45. The Morgan fingerprint density at radius 1 is 0.875 bits per heavy atom. The quantitative estimate of drug-likeness (QED) is 0.688. The van der Waals surface area contributed by atoms with E-state index in [0.717, 1.165) is 17.2 Å². The van der Waals surface area contributed by atoms with Gasteiger partial charge in [-0.1, -0.05) is 0 Å². The van der Waals surface area contributed by atoms with Gasteiger partial charge < -0.3 is 24.0 Å². The number of hydrogen-bond acceptors (Lipinski definition) is 6. The van der Waals surface area contributed by atoms with Crippen LogP contribution in [0.25, 0.3) is 0 Å². The molecular weight excluding hydrogens is 233 g/mol. The molecule has 7 heteroatoms. The summed E-state index contributed by atoms with van der Waals surface area (Å²) in [6, 6.07) is 5.38. The molecule has 0 aliphatic rings. The van der Waals surface area contributed by atoms with Crippen molar-refractivity contribution in [3.05, 3.63) is 18.2 Å². The molecule has 0 aliphatic carbocycles. The highest BCUT2D eigenvalue weighted by molar-refractivity contribution is 7.42. The number of benzene rings is 1. The van der Waals surface area contributed by atoms with Crippen molar-refractivity contribution in [2.75, 3.05) is 21.3 Å². The van der Waals surface area contributed by atoms with Crippen molar-refractivity contribution in [1.29, 1.82) is 0 Å². The zero-order valence-electron chi connectivity index (χ0n) is 9.38. The van der Waals surface area contributed by atoms with Gasteiger partial charge in [-0.2, -0.15) is 0 Å². The van der Waals surface area contributed by atoms with Crippen molar-refractivity contribution in [2.45, 2.75) is 0 Å². The number of methoxy groups -OCH3 is 3. The van der Waals surface area contributed by atoms with E-state index in [1.165, 1.54) is 0 Å². The summed E-state index contributed by atoms with van der Waals surface area (Å²) in [5, 5.41) is 0. The molecule has 0 saturated carbocycles. The molecule has 0 aliphatic heterocycles. The summed E-state index contributed by atoms with van der Waals surface area (Å²) in [6.45, 7) is 0. The summed E-state index contributed by atoms with van der Waals surface area (Å²) in [4.78, 5) is 14.9. The van der Waals surface area contributed by atoms with Gasteiger partial charge in [-0.3, -0.25) is 5.50 Å². The Labute approximate surface area is 95.5 Å². The maximum Gasteiger partial charge on any atom is 0.247 e. The van der Waals surface area contributed by atoms with E-state index in [1.54, 1.807) is 39.5 Å². The van der Waals surface area contributed by atoms with Gasteiger partial charge in [-0.15, -0.1) is 0 Å². The minimum absolute atomic E-state index is 0.728. The molecule has 0 fully saturated rings. The van der Waals surface area contributed by atoms with Gasteiger partial charge in [0.15, 0.2) is 0 Å². The molecule has 0 amide bonds. The first-order chi connectivity index (χ1) is 7.53. The summed E-state index contributed by atoms with van der Waals surface area (Å²) in [5.41, 5.74) is 4.29. The Hall–Kier alpha value is -1.07. The van der Waals surface area contributed by atoms with Crippen LogP contribution in [0.3, 0.4) is 0 Å². The summed E-state index contributed by atoms with van der Waals surface area (Å²) < 4.78 is 15.1. The van der Waals surface area contributed by atoms with E-state index in [-0.39, 0.29) is 0 Å². The van der Waals surface area contributed by atoms with Gasteiger partial charge in [0.05, 0.1) is 21.3 Å². The van der Waals surface area contributed by atoms with E-state index >= 15 is 0 Å². The molecule has 4 N–H and O–H groups in total. The van der Waals surface area contributed by atoms with Crippen LogP contribution in [-0.4, -0.2) is 31.1 Å². The lowest BCUT2D eigenvalue weighted by atomic mass is 10.3. The molecule has 0 aromatic heterocycles. The molecule has 16 heavy (non-hydrogen) atoms. The molecule has 1 aromatic rings. The Morgan fingerprint density at radius 3 is 1.19 bits per heavy atom. The maximum atomic E-state index is 7.45. The Morgan fingerprint density at radius 2 is 1.06 bits per heavy atom. The van der Waals surface area contributed by atoms with Crippen LogP contribution in [0.15, 0.2) is 18.2 Å². The molecule has 0 saturated heterocycles. The Bertz CT molecular complexity index is 250. The fourth-order valence-electron chi connectivity index (χ4n) is 0.899. The van der Waals surface area contributed by atoms with E-state index in [9.17, 15) is 0 Å². The van der Waals surface area contributed by atoms with Crippen molar-refractivity contribution in [1.82, 2.24) is 0 Å². The molecule has 0 radical (unpaired) electrons. The van der Waals surface area contributed by atoms with Crippen LogP contribution < -0.4 is 19.7 Å². The number of ether oxygens (including phenoxy) is 3. The van der Waals surface area contributed by atoms with Crippen LogP contribution in [0.4, 0.5) is 0 Å². The van der Waals surface area contributed by atoms with Crippen LogP contribution in [0.5, 0.6) is 17.2 Å². The molecule has 0 bridgehead atoms. The van der Waals surface area contributed by atoms with Crippen LogP contribution in [0.2, 0.25) is 0 Å². The molecular formula is C9H16NO5P. The summed E-state index contributed by atoms with van der Waals surface area (Å²) in [7, 11) is 2.70. The van der Waals surface area contributed by atoms with Crippen molar-refractivity contribution in [3.8, 4) is 17.2 Å². The predicted molar refractivity (Wildman–Crippen MR) is 61.6 cm³/mol. The first-order valence-corrected chi connectivity index (χ1v) is 5.54. The normalized spacial score (nSPS) is 9.19. The van der Waals surface area contributed by atoms with E-state index in [4.69, 9.17) is 24.0 Å². The summed E-state index contributed by atoms with van der Waals surface area (Å²) in [5.74, 6) is 2.18. The number of rotatable bonds is 3. The Balaban J connectivity index is 0.000000487. The Kier molecular flexibility index (Phi) is 7.58. The third kappa shape index (κ3) is 6.42. The largest absolute Gasteiger partial charge is 0.496 e. The minimum atomic E-state index is -2.12. The average molecular weight is 249 g/mol. The molecule has 0 spiro atoms. The molecule has 0 heterocycles. The van der Waals surface area contributed by atoms with Crippen LogP contribution in [0.1, 0.15) is 0 Å². The van der Waals surface area contributed by atoms with E-state index < -0.39 is 8.53 Å². The van der Waals surface area contributed by atoms with Crippen LogP contribution in [0, 0.1) is 0 Å². The van der Waals surface area contributed by atoms with Crippen LogP contribution in [-0.2, 0) is 0 Å². The lowest BCUT2D eigenvalue weighted by molar-refractivity contribution is 0.375. The van der Waals surface area contributed by atoms with E-state index in [1.807, 2.05) is 0 Å². The van der Waals surface area contributed by atoms with Crippen molar-refractivity contribution in [3.63, 3.8) is 0 Å². The lowest BCUT2D eigenvalue weighted by Gasteiger charge is -2.06. The zero-order valence-corrected chi connectivity index (χ0v) is 10.3. The van der Waals surface area contributed by atoms with E-state index in [2.05, 4.69) is 5.50 Å². The second-order valence-corrected chi connectivity index (χ2v) is 3.21. The second-order valence-electron chi connectivity index (χ2n) is 2.57. The zero-order chi connectivity index (χ0) is 12.6. The highest BCUT2D eigenvalue weighted by Crippen LogP contribution is 2.26. The highest BCUT2D eigenvalue weighted by Gasteiger charge is 2.00. The lowest BCUT2D eigenvalue weighted by Crippen LogP contribution is -1.89. The second kappa shape index (κ2) is 8.13. The molecule has 6 nitrogen and oxygen atoms in total. The topological polar surface area (TPSA) is 94.2 Å². The van der Waals surface area contributed by atoms with Gasteiger partial charge >= 0.3 is 0 Å². The fraction of sp³-hybridized carbons (Fsp3) is 0.333. The van der Waals surface area contributed by atoms with Crippen LogP contribution >= 0.6 is 8.53 Å². The fourth-order valence-corrected chi connectivity index (χ4v) is 0.899. The van der Waals surface area contributed by atoms with Gasteiger partial charge in [0.2, 0.25) is 8.53 Å². The average Bonchev–Trinajstić information content (AvgIpc) is 2.27. The van der Waals surface area contributed by atoms with Gasteiger partial charge in [0, 0.05) is 18.2 Å². The standard InChI is InChI=1S/C9H12O3.H4NO2P/c1-10-7-4-8(11-2)6-9(5-7)12-3;1-4(2)3/h4-6H,1-3H3;2-3H,1H2. The third-order valence-corrected chi connectivity index (χ3v) is 1.56. The number of hydrogen-bond donors (Lipinski definition) is 3. The molecule has 0 unspecified atom stereocenters. The predicted octanol–water partition coefficient (Wildman–Crippen LogP) is 0.869. The smallest absolute Gasteiger partial charge is 0.247 e. The third-order valence-electron chi connectivity index (χ3n) is 1.56. The summed E-state index contributed by atoms with van der Waals surface area (Å²) >= 11 is 0. The van der Waals surface area contributed by atoms with Crippen molar-refractivity contribution >= 4 is 8.53 Å². The molecule has 0 atom stereocenters. The number of nitrogens with two attached hydrogens (primary N) is 1. The summed E-state index contributed by atoms with van der Waals surface area (Å²) in [6.07, 6.45) is 0. The van der Waals surface area contributed by atoms with Gasteiger partial charge in [0.25, 0.3) is 0 Å². The first kappa shape index (κ1) is 14.9. The van der Waals surface area contributed by atoms with Gasteiger partial charge in [-0.05, 0) is 0 Å². The van der Waals surface area contributed by atoms with Crippen molar-refractivity contribution in [2.24, 2.45) is 5.50 Å².